The van der Waals surface area contributed by atoms with Gasteiger partial charge in [-0.3, -0.25) is 0 Å². The Morgan fingerprint density at radius 1 is 1.27 bits per heavy atom. The zero-order valence-corrected chi connectivity index (χ0v) is 14.3. The molecule has 128 valence electrons. The fourth-order valence-electron chi connectivity index (χ4n) is 4.34. The van der Waals surface area contributed by atoms with E-state index in [0.29, 0.717) is 5.41 Å². The fourth-order valence-corrected chi connectivity index (χ4v) is 4.34. The van der Waals surface area contributed by atoms with Crippen LogP contribution in [0.1, 0.15) is 65.7 Å². The number of alkyl halides is 3. The molecule has 0 aromatic heterocycles. The van der Waals surface area contributed by atoms with Gasteiger partial charge in [0.2, 0.25) is 0 Å². The van der Waals surface area contributed by atoms with Crippen LogP contribution in [0.3, 0.4) is 0 Å². The van der Waals surface area contributed by atoms with Gasteiger partial charge in [0, 0.05) is 5.57 Å². The highest BCUT2D eigenvalue weighted by molar-refractivity contribution is 4.98. The maximum Gasteiger partial charge on any atom is 0.411 e. The van der Waals surface area contributed by atoms with Gasteiger partial charge in [0.05, 0.1) is 0 Å². The van der Waals surface area contributed by atoms with E-state index in [4.69, 9.17) is 0 Å². The average Bonchev–Trinajstić information content (AvgIpc) is 2.42. The molecule has 0 aromatic rings. The molecule has 0 saturated heterocycles. The van der Waals surface area contributed by atoms with Gasteiger partial charge in [0.25, 0.3) is 0 Å². The number of rotatable bonds is 3. The number of hydrogen-bond acceptors (Lipinski definition) is 0. The molecule has 0 spiro atoms. The third-order valence-electron chi connectivity index (χ3n) is 5.70. The molecule has 0 aliphatic heterocycles. The first-order chi connectivity index (χ1) is 10.1. The van der Waals surface area contributed by atoms with Crippen molar-refractivity contribution >= 4 is 0 Å². The molecule has 2 bridgehead atoms. The summed E-state index contributed by atoms with van der Waals surface area (Å²) in [6.45, 7) is 12.5. The van der Waals surface area contributed by atoms with E-state index < -0.39 is 11.7 Å². The summed E-state index contributed by atoms with van der Waals surface area (Å²) in [5, 5.41) is 0. The lowest BCUT2D eigenvalue weighted by atomic mass is 9.54. The molecule has 0 aromatic carbocycles. The summed E-state index contributed by atoms with van der Waals surface area (Å²) >= 11 is 0. The molecule has 2 aliphatic rings. The quantitative estimate of drug-likeness (QED) is 0.495. The predicted octanol–water partition coefficient (Wildman–Crippen LogP) is 6.93. The van der Waals surface area contributed by atoms with E-state index >= 15 is 0 Å². The molecule has 0 heterocycles. The Bertz CT molecular complexity index is 381. The third kappa shape index (κ3) is 4.89. The van der Waals surface area contributed by atoms with Crippen molar-refractivity contribution in [2.24, 2.45) is 23.2 Å². The molecule has 4 unspecified atom stereocenters. The first-order valence-electron chi connectivity index (χ1n) is 8.48. The monoisotopic (exact) mass is 316 g/mol. The van der Waals surface area contributed by atoms with Crippen LogP contribution in [0.2, 0.25) is 0 Å². The molecule has 2 rings (SSSR count). The summed E-state index contributed by atoms with van der Waals surface area (Å²) in [6.07, 6.45) is 8.06. The van der Waals surface area contributed by atoms with Gasteiger partial charge in [-0.25, -0.2) is 0 Å². The minimum Gasteiger partial charge on any atom is -0.167 e. The van der Waals surface area contributed by atoms with Crippen molar-refractivity contribution in [3.63, 3.8) is 0 Å². The van der Waals surface area contributed by atoms with Crippen molar-refractivity contribution in [2.45, 2.75) is 71.9 Å². The van der Waals surface area contributed by atoms with Crippen molar-refractivity contribution in [1.29, 1.82) is 0 Å². The van der Waals surface area contributed by atoms with Crippen LogP contribution in [-0.2, 0) is 0 Å². The fraction of sp³-hybridized carbons (Fsp3) is 0.789. The highest BCUT2D eigenvalue weighted by Gasteiger charge is 2.44. The van der Waals surface area contributed by atoms with Gasteiger partial charge in [-0.05, 0) is 75.0 Å². The second-order valence-electron chi connectivity index (χ2n) is 7.40. The van der Waals surface area contributed by atoms with Crippen molar-refractivity contribution < 1.29 is 13.2 Å². The first kappa shape index (κ1) is 19.3. The maximum absolute atomic E-state index is 11.1. The lowest BCUT2D eigenvalue weighted by molar-refractivity contribution is -0.0909. The van der Waals surface area contributed by atoms with Crippen LogP contribution < -0.4 is 0 Å². The van der Waals surface area contributed by atoms with Crippen LogP contribution in [0.4, 0.5) is 13.2 Å². The normalized spacial score (nSPS) is 34.4. The van der Waals surface area contributed by atoms with Crippen LogP contribution in [0.5, 0.6) is 0 Å². The molecular weight excluding hydrogens is 285 g/mol. The Balaban J connectivity index is 0.000000295. The van der Waals surface area contributed by atoms with Gasteiger partial charge >= 0.3 is 6.18 Å². The summed E-state index contributed by atoms with van der Waals surface area (Å²) in [7, 11) is 0. The van der Waals surface area contributed by atoms with Crippen LogP contribution in [0.15, 0.2) is 24.8 Å². The second kappa shape index (κ2) is 7.70. The average molecular weight is 316 g/mol. The molecular formula is C19H31F3. The Kier molecular flexibility index (Phi) is 6.76. The molecule has 2 aliphatic carbocycles. The van der Waals surface area contributed by atoms with Crippen LogP contribution in [0, 0.1) is 23.2 Å². The molecule has 2 saturated carbocycles. The maximum atomic E-state index is 11.1. The van der Waals surface area contributed by atoms with Gasteiger partial charge < -0.3 is 0 Å². The standard InChI is InChI=1S/C15H26.C4H5F3/c1-4-7-15(5-2)8-6-13-9-12(3)10-14(15)11-13;1-3(2)4(5,6)7/h4,12-14H,1,5-11H2,2-3H3;1H2,2H3. The van der Waals surface area contributed by atoms with Gasteiger partial charge in [-0.1, -0.05) is 26.5 Å². The minimum absolute atomic E-state index is 0.632. The number of hydrogen-bond donors (Lipinski definition) is 0. The zero-order valence-electron chi connectivity index (χ0n) is 14.3. The molecule has 0 amide bonds. The van der Waals surface area contributed by atoms with E-state index in [1.807, 2.05) is 0 Å². The summed E-state index contributed by atoms with van der Waals surface area (Å²) < 4.78 is 33.2. The zero-order chi connectivity index (χ0) is 17.0. The smallest absolute Gasteiger partial charge is 0.167 e. The number of allylic oxidation sites excluding steroid dienone is 2. The molecule has 0 radical (unpaired) electrons. The molecule has 3 heteroatoms. The van der Waals surface area contributed by atoms with Crippen molar-refractivity contribution in [3.8, 4) is 0 Å². The summed E-state index contributed by atoms with van der Waals surface area (Å²) in [5.41, 5.74) is -0.125. The van der Waals surface area contributed by atoms with Crippen LogP contribution in [-0.4, -0.2) is 6.18 Å². The molecule has 22 heavy (non-hydrogen) atoms. The molecule has 2 fully saturated rings. The minimum atomic E-state index is -4.19. The first-order valence-corrected chi connectivity index (χ1v) is 8.48. The van der Waals surface area contributed by atoms with Gasteiger partial charge in [0.15, 0.2) is 0 Å². The van der Waals surface area contributed by atoms with E-state index in [2.05, 4.69) is 33.1 Å². The van der Waals surface area contributed by atoms with Crippen molar-refractivity contribution in [1.82, 2.24) is 0 Å². The van der Waals surface area contributed by atoms with Crippen LogP contribution in [0.25, 0.3) is 0 Å². The second-order valence-corrected chi connectivity index (χ2v) is 7.40. The molecule has 0 N–H and O–H groups in total. The number of halogens is 3. The Labute approximate surface area is 133 Å². The predicted molar refractivity (Wildman–Crippen MR) is 87.6 cm³/mol. The molecule has 4 atom stereocenters. The van der Waals surface area contributed by atoms with Gasteiger partial charge in [-0.2, -0.15) is 13.2 Å². The highest BCUT2D eigenvalue weighted by Crippen LogP contribution is 2.55. The van der Waals surface area contributed by atoms with Crippen LogP contribution >= 0.6 is 0 Å². The van der Waals surface area contributed by atoms with E-state index in [1.54, 1.807) is 0 Å². The lowest BCUT2D eigenvalue weighted by Gasteiger charge is -2.51. The Hall–Kier alpha value is -0.730. The van der Waals surface area contributed by atoms with E-state index in [0.717, 1.165) is 24.7 Å². The van der Waals surface area contributed by atoms with E-state index in [1.165, 1.54) is 44.9 Å². The lowest BCUT2D eigenvalue weighted by Crippen LogP contribution is -2.40. The van der Waals surface area contributed by atoms with Crippen molar-refractivity contribution in [2.75, 3.05) is 0 Å². The summed E-state index contributed by atoms with van der Waals surface area (Å²) in [4.78, 5) is 0. The largest absolute Gasteiger partial charge is 0.411 e. The summed E-state index contributed by atoms with van der Waals surface area (Å²) in [6, 6.07) is 0. The third-order valence-corrected chi connectivity index (χ3v) is 5.70. The Morgan fingerprint density at radius 2 is 1.86 bits per heavy atom. The number of fused-ring (bicyclic) bond motifs is 2. The Morgan fingerprint density at radius 3 is 2.32 bits per heavy atom. The van der Waals surface area contributed by atoms with Gasteiger partial charge in [-0.15, -0.1) is 6.58 Å². The SMILES string of the molecule is C=C(C)C(F)(F)F.C=CCC1(CC)CCC2CC(C)CC1C2. The van der Waals surface area contributed by atoms with E-state index in [-0.39, 0.29) is 0 Å². The van der Waals surface area contributed by atoms with Crippen molar-refractivity contribution in [3.05, 3.63) is 24.8 Å². The topological polar surface area (TPSA) is 0 Å². The highest BCUT2D eigenvalue weighted by atomic mass is 19.4. The van der Waals surface area contributed by atoms with E-state index in [9.17, 15) is 13.2 Å². The van der Waals surface area contributed by atoms with Gasteiger partial charge in [0.1, 0.15) is 0 Å². The summed E-state index contributed by atoms with van der Waals surface area (Å²) in [5.74, 6) is 3.04. The molecule has 0 nitrogen and oxygen atoms in total.